The van der Waals surface area contributed by atoms with Gasteiger partial charge in [-0.15, -0.1) is 0 Å². The fraction of sp³-hybridized carbons (Fsp3) is 0.211. The van der Waals surface area contributed by atoms with Crippen molar-refractivity contribution in [2.75, 3.05) is 0 Å². The third-order valence-electron chi connectivity index (χ3n) is 8.23. The van der Waals surface area contributed by atoms with Crippen molar-refractivity contribution in [2.45, 2.75) is 52.4 Å². The zero-order valence-electron chi connectivity index (χ0n) is 25.6. The third kappa shape index (κ3) is 4.85. The highest BCUT2D eigenvalue weighted by Gasteiger charge is 2.19. The Hall–Kier alpha value is -4.90. The lowest BCUT2D eigenvalue weighted by molar-refractivity contribution is 0.483. The number of benzene rings is 4. The van der Waals surface area contributed by atoms with E-state index in [4.69, 9.17) is 9.72 Å². The summed E-state index contributed by atoms with van der Waals surface area (Å²) in [5.41, 5.74) is 7.84. The van der Waals surface area contributed by atoms with Crippen molar-refractivity contribution in [3.63, 3.8) is 0 Å². The number of fused-ring (bicyclic) bond motifs is 4. The Balaban J connectivity index is 1.30. The van der Waals surface area contributed by atoms with Crippen LogP contribution < -0.4 is 4.74 Å². The number of pyridine rings is 1. The molecule has 0 bridgehead atoms. The van der Waals surface area contributed by atoms with E-state index >= 15 is 0 Å². The van der Waals surface area contributed by atoms with Crippen molar-refractivity contribution in [3.8, 4) is 23.0 Å². The molecule has 0 aliphatic rings. The van der Waals surface area contributed by atoms with Crippen LogP contribution in [-0.4, -0.2) is 19.1 Å². The van der Waals surface area contributed by atoms with Gasteiger partial charge in [-0.1, -0.05) is 71.9 Å². The normalized spacial score (nSPS) is 12.4. The minimum atomic E-state index is 0.0185. The van der Waals surface area contributed by atoms with E-state index in [-0.39, 0.29) is 10.8 Å². The summed E-state index contributed by atoms with van der Waals surface area (Å²) in [7, 11) is 0. The van der Waals surface area contributed by atoms with E-state index in [2.05, 4.69) is 135 Å². The highest BCUT2D eigenvalue weighted by molar-refractivity contribution is 6.09. The van der Waals surface area contributed by atoms with Gasteiger partial charge in [-0.3, -0.25) is 9.13 Å². The summed E-state index contributed by atoms with van der Waals surface area (Å²) in [6.07, 6.45) is 3.80. The molecule has 0 saturated heterocycles. The number of rotatable bonds is 4. The molecule has 0 N–H and O–H groups in total. The minimum absolute atomic E-state index is 0.0185. The van der Waals surface area contributed by atoms with Crippen LogP contribution in [0.4, 0.5) is 0 Å². The third-order valence-corrected chi connectivity index (χ3v) is 8.23. The largest absolute Gasteiger partial charge is 0.457 e. The first-order valence-corrected chi connectivity index (χ1v) is 14.8. The summed E-state index contributed by atoms with van der Waals surface area (Å²) in [5.74, 6) is 2.44. The molecule has 0 aliphatic carbocycles. The Kier molecular flexibility index (Phi) is 6.17. The zero-order valence-corrected chi connectivity index (χ0v) is 25.6. The molecule has 0 amide bonds. The number of hydrogen-bond acceptors (Lipinski definition) is 3. The molecular weight excluding hydrogens is 528 g/mol. The van der Waals surface area contributed by atoms with Gasteiger partial charge in [0, 0.05) is 29.1 Å². The van der Waals surface area contributed by atoms with Gasteiger partial charge in [-0.2, -0.15) is 0 Å². The van der Waals surface area contributed by atoms with Gasteiger partial charge in [0.25, 0.3) is 0 Å². The summed E-state index contributed by atoms with van der Waals surface area (Å²) in [6, 6.07) is 33.8. The van der Waals surface area contributed by atoms with Gasteiger partial charge in [-0.25, -0.2) is 9.97 Å². The van der Waals surface area contributed by atoms with Crippen molar-refractivity contribution < 1.29 is 4.74 Å². The second-order valence-corrected chi connectivity index (χ2v) is 13.4. The minimum Gasteiger partial charge on any atom is -0.457 e. The lowest BCUT2D eigenvalue weighted by Gasteiger charge is -2.20. The maximum Gasteiger partial charge on any atom is 0.137 e. The van der Waals surface area contributed by atoms with Crippen molar-refractivity contribution in [3.05, 3.63) is 121 Å². The predicted molar refractivity (Wildman–Crippen MR) is 177 cm³/mol. The molecule has 43 heavy (non-hydrogen) atoms. The van der Waals surface area contributed by atoms with Gasteiger partial charge < -0.3 is 4.74 Å². The second kappa shape index (κ2) is 9.84. The van der Waals surface area contributed by atoms with Gasteiger partial charge in [0.05, 0.1) is 27.8 Å². The molecule has 3 heterocycles. The topological polar surface area (TPSA) is 44.9 Å². The lowest BCUT2D eigenvalue weighted by Crippen LogP contribution is -2.12. The highest BCUT2D eigenvalue weighted by atomic mass is 16.5. The van der Waals surface area contributed by atoms with Crippen molar-refractivity contribution in [1.29, 1.82) is 0 Å². The molecule has 0 spiro atoms. The van der Waals surface area contributed by atoms with Crippen LogP contribution in [0.15, 0.2) is 110 Å². The van der Waals surface area contributed by atoms with Crippen LogP contribution in [0.3, 0.4) is 0 Å². The smallest absolute Gasteiger partial charge is 0.137 e. The molecular formula is C38H36N4O. The molecule has 0 fully saturated rings. The number of hydrogen-bond donors (Lipinski definition) is 0. The number of ether oxygens (including phenoxy) is 1. The van der Waals surface area contributed by atoms with Gasteiger partial charge in [0.15, 0.2) is 0 Å². The Morgan fingerprint density at radius 2 is 1.33 bits per heavy atom. The molecule has 5 heteroatoms. The van der Waals surface area contributed by atoms with Crippen molar-refractivity contribution in [1.82, 2.24) is 19.1 Å². The second-order valence-electron chi connectivity index (χ2n) is 13.4. The van der Waals surface area contributed by atoms with Crippen LogP contribution in [0.2, 0.25) is 0 Å². The first kappa shape index (κ1) is 27.0. The zero-order chi connectivity index (χ0) is 29.9. The maximum absolute atomic E-state index is 6.51. The van der Waals surface area contributed by atoms with E-state index in [0.717, 1.165) is 45.1 Å². The van der Waals surface area contributed by atoms with Gasteiger partial charge in [0.2, 0.25) is 0 Å². The Labute approximate surface area is 252 Å². The quantitative estimate of drug-likeness (QED) is 0.214. The van der Waals surface area contributed by atoms with Gasteiger partial charge in [-0.05, 0) is 76.6 Å². The van der Waals surface area contributed by atoms with Crippen molar-refractivity contribution in [2.24, 2.45) is 0 Å². The number of imidazole rings is 1. The molecule has 4 aromatic carbocycles. The summed E-state index contributed by atoms with van der Waals surface area (Å²) < 4.78 is 10.9. The first-order chi connectivity index (χ1) is 20.6. The van der Waals surface area contributed by atoms with E-state index in [1.807, 2.05) is 30.7 Å². The average Bonchev–Trinajstić information content (AvgIpc) is 3.55. The number of para-hydroxylation sites is 1. The lowest BCUT2D eigenvalue weighted by atomic mass is 9.87. The summed E-state index contributed by atoms with van der Waals surface area (Å²) in [6.45, 7) is 13.4. The van der Waals surface area contributed by atoms with Gasteiger partial charge in [0.1, 0.15) is 23.6 Å². The van der Waals surface area contributed by atoms with Gasteiger partial charge >= 0.3 is 0 Å². The Morgan fingerprint density at radius 1 is 0.581 bits per heavy atom. The van der Waals surface area contributed by atoms with Crippen LogP contribution in [0, 0.1) is 0 Å². The Bertz CT molecular complexity index is 2140. The molecule has 0 radical (unpaired) electrons. The highest BCUT2D eigenvalue weighted by Crippen LogP contribution is 2.36. The summed E-state index contributed by atoms with van der Waals surface area (Å²) in [5, 5.41) is 2.36. The molecule has 214 valence electrons. The molecule has 3 aromatic heterocycles. The van der Waals surface area contributed by atoms with E-state index in [9.17, 15) is 0 Å². The van der Waals surface area contributed by atoms with E-state index < -0.39 is 0 Å². The van der Waals surface area contributed by atoms with Crippen LogP contribution in [-0.2, 0) is 10.8 Å². The van der Waals surface area contributed by atoms with Crippen LogP contribution >= 0.6 is 0 Å². The summed E-state index contributed by atoms with van der Waals surface area (Å²) in [4.78, 5) is 9.47. The number of nitrogens with zero attached hydrogens (tertiary/aromatic N) is 4. The number of aromatic nitrogens is 4. The SMILES string of the molecule is CC(C)(C)c1ccnc(-n2c3ccccc3c3ccc(Oc4cccc(-n5cnc6ccc(C(C)(C)C)cc65)c4)cc32)c1. The fourth-order valence-electron chi connectivity index (χ4n) is 5.78. The van der Waals surface area contributed by atoms with Crippen molar-refractivity contribution >= 4 is 32.8 Å². The molecule has 0 saturated carbocycles. The molecule has 7 rings (SSSR count). The molecule has 0 unspecified atom stereocenters. The van der Waals surface area contributed by atoms with Crippen LogP contribution in [0.5, 0.6) is 11.5 Å². The van der Waals surface area contributed by atoms with Crippen LogP contribution in [0.25, 0.3) is 44.3 Å². The monoisotopic (exact) mass is 564 g/mol. The molecule has 5 nitrogen and oxygen atoms in total. The maximum atomic E-state index is 6.51. The predicted octanol–water partition coefficient (Wildman–Crippen LogP) is 9.90. The average molecular weight is 565 g/mol. The Morgan fingerprint density at radius 3 is 2.14 bits per heavy atom. The molecule has 7 aromatic rings. The first-order valence-electron chi connectivity index (χ1n) is 14.8. The standard InChI is InChI=1S/C38H36N4O/c1-37(2,3)25-14-17-32-35(20-25)41(24-40-32)27-10-9-11-28(22-27)43-29-15-16-31-30-12-7-8-13-33(30)42(34(31)23-29)36-21-26(18-19-39-36)38(4,5)6/h7-24H,1-6H3. The van der Waals surface area contributed by atoms with E-state index in [1.165, 1.54) is 21.9 Å². The summed E-state index contributed by atoms with van der Waals surface area (Å²) >= 11 is 0. The fourth-order valence-corrected chi connectivity index (χ4v) is 5.78. The van der Waals surface area contributed by atoms with E-state index in [1.54, 1.807) is 0 Å². The van der Waals surface area contributed by atoms with Crippen LogP contribution in [0.1, 0.15) is 52.7 Å². The molecule has 0 atom stereocenters. The van der Waals surface area contributed by atoms with E-state index in [0.29, 0.717) is 0 Å². The molecule has 0 aliphatic heterocycles.